The molecule has 17 heavy (non-hydrogen) atoms. The van der Waals surface area contributed by atoms with Crippen LogP contribution in [0.4, 0.5) is 0 Å². The van der Waals surface area contributed by atoms with Crippen LogP contribution in [0, 0.1) is 5.41 Å². The fraction of sp³-hybridized carbons (Fsp3) is 0.533. The lowest BCUT2D eigenvalue weighted by atomic mass is 9.82. The van der Waals surface area contributed by atoms with Crippen molar-refractivity contribution in [2.24, 2.45) is 5.41 Å². The Balaban J connectivity index is 2.75. The van der Waals surface area contributed by atoms with Gasteiger partial charge in [0.05, 0.1) is 6.61 Å². The second-order valence-electron chi connectivity index (χ2n) is 5.67. The number of rotatable bonds is 4. The summed E-state index contributed by atoms with van der Waals surface area (Å²) in [6.45, 7) is 8.54. The van der Waals surface area contributed by atoms with Crippen LogP contribution in [-0.2, 0) is 9.53 Å². The van der Waals surface area contributed by atoms with E-state index in [1.807, 2.05) is 18.2 Å². The molecule has 1 unspecified atom stereocenters. The average molecular weight is 234 g/mol. The van der Waals surface area contributed by atoms with Gasteiger partial charge in [-0.05, 0) is 17.4 Å². The molecule has 0 aliphatic carbocycles. The molecule has 0 spiro atoms. The minimum atomic E-state index is -0.208. The molecule has 0 N–H and O–H groups in total. The summed E-state index contributed by atoms with van der Waals surface area (Å²) in [6.07, 6.45) is 1.00. The largest absolute Gasteiger partial charge is 0.465 e. The summed E-state index contributed by atoms with van der Waals surface area (Å²) in [5.74, 6) is 0.0694. The van der Waals surface area contributed by atoms with E-state index < -0.39 is 0 Å². The highest BCUT2D eigenvalue weighted by Gasteiger charge is 2.21. The zero-order valence-corrected chi connectivity index (χ0v) is 11.2. The Labute approximate surface area is 104 Å². The SMILES string of the molecule is CC(=O)OCC(CC(C)(C)C)c1ccccc1. The molecule has 0 fully saturated rings. The lowest BCUT2D eigenvalue weighted by Crippen LogP contribution is -2.17. The van der Waals surface area contributed by atoms with E-state index in [0.29, 0.717) is 6.61 Å². The van der Waals surface area contributed by atoms with Gasteiger partial charge in [0.2, 0.25) is 0 Å². The van der Waals surface area contributed by atoms with E-state index in [4.69, 9.17) is 4.74 Å². The number of carbonyl (C=O) groups is 1. The first-order valence-electron chi connectivity index (χ1n) is 6.07. The molecule has 0 aromatic heterocycles. The topological polar surface area (TPSA) is 26.3 Å². The van der Waals surface area contributed by atoms with E-state index in [1.165, 1.54) is 12.5 Å². The predicted molar refractivity (Wildman–Crippen MR) is 69.9 cm³/mol. The van der Waals surface area contributed by atoms with Crippen molar-refractivity contribution in [1.29, 1.82) is 0 Å². The van der Waals surface area contributed by atoms with Gasteiger partial charge >= 0.3 is 5.97 Å². The first-order valence-corrected chi connectivity index (χ1v) is 6.07. The van der Waals surface area contributed by atoms with Crippen molar-refractivity contribution in [2.75, 3.05) is 6.61 Å². The molecule has 1 aromatic carbocycles. The maximum Gasteiger partial charge on any atom is 0.302 e. The molecule has 0 aliphatic heterocycles. The molecule has 0 bridgehead atoms. The first kappa shape index (κ1) is 13.8. The second-order valence-corrected chi connectivity index (χ2v) is 5.67. The van der Waals surface area contributed by atoms with Crippen LogP contribution in [0.3, 0.4) is 0 Å². The average Bonchev–Trinajstić information content (AvgIpc) is 2.24. The van der Waals surface area contributed by atoms with Crippen LogP contribution in [0.15, 0.2) is 30.3 Å². The maximum absolute atomic E-state index is 10.9. The monoisotopic (exact) mass is 234 g/mol. The quantitative estimate of drug-likeness (QED) is 0.741. The Bertz CT molecular complexity index is 349. The van der Waals surface area contributed by atoms with Gasteiger partial charge in [-0.1, -0.05) is 51.1 Å². The molecule has 0 radical (unpaired) electrons. The van der Waals surface area contributed by atoms with Gasteiger partial charge < -0.3 is 4.74 Å². The van der Waals surface area contributed by atoms with Gasteiger partial charge in [-0.25, -0.2) is 0 Å². The van der Waals surface area contributed by atoms with E-state index in [2.05, 4.69) is 32.9 Å². The van der Waals surface area contributed by atoms with Crippen molar-refractivity contribution >= 4 is 5.97 Å². The summed E-state index contributed by atoms with van der Waals surface area (Å²) in [5.41, 5.74) is 1.46. The Morgan fingerprint density at radius 2 is 1.82 bits per heavy atom. The lowest BCUT2D eigenvalue weighted by molar-refractivity contribution is -0.141. The summed E-state index contributed by atoms with van der Waals surface area (Å²) in [7, 11) is 0. The van der Waals surface area contributed by atoms with Crippen molar-refractivity contribution in [3.63, 3.8) is 0 Å². The molecular formula is C15H22O2. The molecule has 94 valence electrons. The normalized spacial score (nSPS) is 13.2. The van der Waals surface area contributed by atoms with Gasteiger partial charge in [0.1, 0.15) is 0 Å². The minimum Gasteiger partial charge on any atom is -0.465 e. The Hall–Kier alpha value is -1.31. The molecule has 0 saturated carbocycles. The number of carbonyl (C=O) groups excluding carboxylic acids is 1. The number of hydrogen-bond acceptors (Lipinski definition) is 2. The van der Waals surface area contributed by atoms with Gasteiger partial charge in [-0.15, -0.1) is 0 Å². The molecule has 2 heteroatoms. The maximum atomic E-state index is 10.9. The summed E-state index contributed by atoms with van der Waals surface area (Å²) in [4.78, 5) is 10.9. The van der Waals surface area contributed by atoms with Gasteiger partial charge in [-0.2, -0.15) is 0 Å². The van der Waals surface area contributed by atoms with Gasteiger partial charge in [0.25, 0.3) is 0 Å². The minimum absolute atomic E-state index is 0.208. The molecule has 0 aliphatic rings. The highest BCUT2D eigenvalue weighted by Crippen LogP contribution is 2.31. The van der Waals surface area contributed by atoms with Gasteiger partial charge in [0, 0.05) is 12.8 Å². The number of ether oxygens (including phenoxy) is 1. The van der Waals surface area contributed by atoms with Crippen molar-refractivity contribution in [1.82, 2.24) is 0 Å². The van der Waals surface area contributed by atoms with Crippen LogP contribution >= 0.6 is 0 Å². The zero-order valence-electron chi connectivity index (χ0n) is 11.2. The summed E-state index contributed by atoms with van der Waals surface area (Å²) in [5, 5.41) is 0. The molecule has 1 aromatic rings. The summed E-state index contributed by atoms with van der Waals surface area (Å²) >= 11 is 0. The molecule has 0 heterocycles. The van der Waals surface area contributed by atoms with E-state index in [1.54, 1.807) is 0 Å². The standard InChI is InChI=1S/C15H22O2/c1-12(16)17-11-14(10-15(2,3)4)13-8-6-5-7-9-13/h5-9,14H,10-11H2,1-4H3. The van der Waals surface area contributed by atoms with Crippen molar-refractivity contribution in [3.05, 3.63) is 35.9 Å². The van der Waals surface area contributed by atoms with Crippen LogP contribution < -0.4 is 0 Å². The summed E-state index contributed by atoms with van der Waals surface area (Å²) in [6, 6.07) is 10.3. The molecule has 1 rings (SSSR count). The molecule has 2 nitrogen and oxygen atoms in total. The molecular weight excluding hydrogens is 212 g/mol. The fourth-order valence-electron chi connectivity index (χ4n) is 1.96. The van der Waals surface area contributed by atoms with Crippen LogP contribution in [0.1, 0.15) is 45.6 Å². The van der Waals surface area contributed by atoms with Crippen LogP contribution in [-0.4, -0.2) is 12.6 Å². The van der Waals surface area contributed by atoms with E-state index in [0.717, 1.165) is 6.42 Å². The lowest BCUT2D eigenvalue weighted by Gasteiger charge is -2.26. The molecule has 0 saturated heterocycles. The highest BCUT2D eigenvalue weighted by atomic mass is 16.5. The van der Waals surface area contributed by atoms with Crippen LogP contribution in [0.5, 0.6) is 0 Å². The third-order valence-electron chi connectivity index (χ3n) is 2.62. The molecule has 1 atom stereocenters. The summed E-state index contributed by atoms with van der Waals surface area (Å²) < 4.78 is 5.17. The van der Waals surface area contributed by atoms with Gasteiger partial charge in [0.15, 0.2) is 0 Å². The predicted octanol–water partition coefficient (Wildman–Crippen LogP) is 3.77. The van der Waals surface area contributed by atoms with Crippen LogP contribution in [0.2, 0.25) is 0 Å². The Morgan fingerprint density at radius 1 is 1.24 bits per heavy atom. The smallest absolute Gasteiger partial charge is 0.302 e. The second kappa shape index (κ2) is 5.85. The fourth-order valence-corrected chi connectivity index (χ4v) is 1.96. The number of benzene rings is 1. The Morgan fingerprint density at radius 3 is 2.29 bits per heavy atom. The third kappa shape index (κ3) is 5.53. The molecule has 0 amide bonds. The Kier molecular flexibility index (Phi) is 4.73. The van der Waals surface area contributed by atoms with Crippen molar-refractivity contribution in [2.45, 2.75) is 40.0 Å². The first-order chi connectivity index (χ1) is 7.88. The number of esters is 1. The van der Waals surface area contributed by atoms with Crippen molar-refractivity contribution in [3.8, 4) is 0 Å². The van der Waals surface area contributed by atoms with Gasteiger partial charge in [-0.3, -0.25) is 4.79 Å². The number of hydrogen-bond donors (Lipinski definition) is 0. The van der Waals surface area contributed by atoms with E-state index >= 15 is 0 Å². The van der Waals surface area contributed by atoms with Crippen LogP contribution in [0.25, 0.3) is 0 Å². The van der Waals surface area contributed by atoms with Crippen molar-refractivity contribution < 1.29 is 9.53 Å². The van der Waals surface area contributed by atoms with E-state index in [9.17, 15) is 4.79 Å². The zero-order chi connectivity index (χ0) is 12.9. The highest BCUT2D eigenvalue weighted by molar-refractivity contribution is 5.65. The van der Waals surface area contributed by atoms with E-state index in [-0.39, 0.29) is 17.3 Å². The third-order valence-corrected chi connectivity index (χ3v) is 2.62.